The standard InChI is InChI=1S/C12H13N5O2.ClH/c18-17(19)9-1-2-10-11(7-9)14-8-12(15-10)16-5-3-13-4-6-16;/h1-2,7-8,13H,3-6H2;1H. The lowest BCUT2D eigenvalue weighted by atomic mass is 10.2. The van der Waals surface area contributed by atoms with Crippen LogP contribution in [0, 0.1) is 10.1 Å². The average Bonchev–Trinajstić information content (AvgIpc) is 2.47. The summed E-state index contributed by atoms with van der Waals surface area (Å²) in [7, 11) is 0. The number of nitro groups is 1. The maximum absolute atomic E-state index is 10.7. The van der Waals surface area contributed by atoms with E-state index in [-0.39, 0.29) is 18.1 Å². The number of fused-ring (bicyclic) bond motifs is 1. The number of hydrogen-bond donors (Lipinski definition) is 1. The first-order valence-corrected chi connectivity index (χ1v) is 6.11. The van der Waals surface area contributed by atoms with Crippen LogP contribution < -0.4 is 10.2 Å². The van der Waals surface area contributed by atoms with Crippen molar-refractivity contribution in [1.29, 1.82) is 0 Å². The first-order chi connectivity index (χ1) is 9.24. The summed E-state index contributed by atoms with van der Waals surface area (Å²) >= 11 is 0. The summed E-state index contributed by atoms with van der Waals surface area (Å²) in [6.45, 7) is 3.65. The number of nitrogens with zero attached hydrogens (tertiary/aromatic N) is 4. The zero-order valence-corrected chi connectivity index (χ0v) is 11.5. The zero-order valence-electron chi connectivity index (χ0n) is 10.7. The van der Waals surface area contributed by atoms with Gasteiger partial charge in [0.2, 0.25) is 0 Å². The zero-order chi connectivity index (χ0) is 13.2. The number of nitro benzene ring substituents is 1. The highest BCUT2D eigenvalue weighted by atomic mass is 35.5. The van der Waals surface area contributed by atoms with Gasteiger partial charge in [0.1, 0.15) is 5.82 Å². The molecule has 1 aromatic heterocycles. The Morgan fingerprint density at radius 3 is 2.70 bits per heavy atom. The maximum Gasteiger partial charge on any atom is 0.271 e. The third-order valence-electron chi connectivity index (χ3n) is 3.16. The fraction of sp³-hybridized carbons (Fsp3) is 0.333. The van der Waals surface area contributed by atoms with Crippen molar-refractivity contribution in [2.75, 3.05) is 31.1 Å². The van der Waals surface area contributed by atoms with Crippen LogP contribution >= 0.6 is 12.4 Å². The molecule has 20 heavy (non-hydrogen) atoms. The highest BCUT2D eigenvalue weighted by Crippen LogP contribution is 2.20. The number of benzene rings is 1. The van der Waals surface area contributed by atoms with Crippen LogP contribution in [0.5, 0.6) is 0 Å². The summed E-state index contributed by atoms with van der Waals surface area (Å²) in [4.78, 5) is 21.2. The van der Waals surface area contributed by atoms with Crippen molar-refractivity contribution in [2.45, 2.75) is 0 Å². The Morgan fingerprint density at radius 1 is 1.25 bits per heavy atom. The predicted molar refractivity (Wildman–Crippen MR) is 78.5 cm³/mol. The smallest absolute Gasteiger partial charge is 0.271 e. The molecule has 7 nitrogen and oxygen atoms in total. The lowest BCUT2D eigenvalue weighted by molar-refractivity contribution is -0.384. The second kappa shape index (κ2) is 5.98. The molecular formula is C12H14ClN5O2. The first-order valence-electron chi connectivity index (χ1n) is 6.11. The van der Waals surface area contributed by atoms with Crippen molar-refractivity contribution < 1.29 is 4.92 Å². The highest BCUT2D eigenvalue weighted by molar-refractivity contribution is 5.85. The van der Waals surface area contributed by atoms with E-state index in [1.165, 1.54) is 12.1 Å². The molecule has 0 saturated carbocycles. The minimum absolute atomic E-state index is 0. The molecule has 1 aliphatic rings. The fourth-order valence-corrected chi connectivity index (χ4v) is 2.15. The SMILES string of the molecule is Cl.O=[N+]([O-])c1ccc2nc(N3CCNCC3)cnc2c1. The number of non-ortho nitro benzene ring substituents is 1. The van der Waals surface area contributed by atoms with E-state index in [0.29, 0.717) is 11.0 Å². The van der Waals surface area contributed by atoms with E-state index in [0.717, 1.165) is 32.0 Å². The Hall–Kier alpha value is -1.99. The summed E-state index contributed by atoms with van der Waals surface area (Å²) in [6, 6.07) is 4.55. The van der Waals surface area contributed by atoms with Crippen LogP contribution in [0.2, 0.25) is 0 Å². The Morgan fingerprint density at radius 2 is 2.00 bits per heavy atom. The Kier molecular flexibility index (Phi) is 4.31. The number of hydrogen-bond acceptors (Lipinski definition) is 6. The summed E-state index contributed by atoms with van der Waals surface area (Å²) < 4.78 is 0. The molecule has 2 aromatic rings. The van der Waals surface area contributed by atoms with Gasteiger partial charge in [-0.25, -0.2) is 4.98 Å². The fourth-order valence-electron chi connectivity index (χ4n) is 2.15. The summed E-state index contributed by atoms with van der Waals surface area (Å²) in [5.41, 5.74) is 1.27. The third kappa shape index (κ3) is 2.78. The number of aromatic nitrogens is 2. The van der Waals surface area contributed by atoms with E-state index in [1.807, 2.05) is 0 Å². The number of rotatable bonds is 2. The lowest BCUT2D eigenvalue weighted by Crippen LogP contribution is -2.43. The normalized spacial score (nSPS) is 14.9. The van der Waals surface area contributed by atoms with Crippen molar-refractivity contribution in [1.82, 2.24) is 15.3 Å². The van der Waals surface area contributed by atoms with Crippen LogP contribution in [-0.2, 0) is 0 Å². The van der Waals surface area contributed by atoms with Crippen molar-refractivity contribution in [3.63, 3.8) is 0 Å². The average molecular weight is 296 g/mol. The molecule has 0 atom stereocenters. The topological polar surface area (TPSA) is 84.2 Å². The van der Waals surface area contributed by atoms with E-state index in [4.69, 9.17) is 0 Å². The molecule has 1 N–H and O–H groups in total. The van der Waals surface area contributed by atoms with Gasteiger partial charge >= 0.3 is 0 Å². The predicted octanol–water partition coefficient (Wildman–Crippen LogP) is 1.37. The molecular weight excluding hydrogens is 282 g/mol. The lowest BCUT2D eigenvalue weighted by Gasteiger charge is -2.28. The molecule has 1 fully saturated rings. The molecule has 0 unspecified atom stereocenters. The van der Waals surface area contributed by atoms with Gasteiger partial charge in [0, 0.05) is 38.3 Å². The van der Waals surface area contributed by atoms with E-state index < -0.39 is 4.92 Å². The Labute approximate surface area is 121 Å². The Balaban J connectivity index is 0.00000147. The molecule has 2 heterocycles. The third-order valence-corrected chi connectivity index (χ3v) is 3.16. The van der Waals surface area contributed by atoms with Gasteiger partial charge in [-0.05, 0) is 6.07 Å². The van der Waals surface area contributed by atoms with Crippen LogP contribution in [0.1, 0.15) is 0 Å². The van der Waals surface area contributed by atoms with Crippen LogP contribution in [-0.4, -0.2) is 41.1 Å². The summed E-state index contributed by atoms with van der Waals surface area (Å²) in [6.07, 6.45) is 1.68. The minimum atomic E-state index is -0.425. The van der Waals surface area contributed by atoms with Gasteiger partial charge in [-0.3, -0.25) is 15.1 Å². The van der Waals surface area contributed by atoms with Crippen molar-refractivity contribution in [2.24, 2.45) is 0 Å². The molecule has 1 aromatic carbocycles. The van der Waals surface area contributed by atoms with Crippen LogP contribution in [0.15, 0.2) is 24.4 Å². The molecule has 106 valence electrons. The molecule has 0 amide bonds. The number of nitrogens with one attached hydrogen (secondary N) is 1. The monoisotopic (exact) mass is 295 g/mol. The van der Waals surface area contributed by atoms with Gasteiger partial charge in [-0.1, -0.05) is 0 Å². The van der Waals surface area contributed by atoms with Gasteiger partial charge in [0.15, 0.2) is 0 Å². The molecule has 1 aliphatic heterocycles. The minimum Gasteiger partial charge on any atom is -0.353 e. The van der Waals surface area contributed by atoms with Crippen LogP contribution in [0.3, 0.4) is 0 Å². The molecule has 0 aliphatic carbocycles. The molecule has 8 heteroatoms. The summed E-state index contributed by atoms with van der Waals surface area (Å²) in [5, 5.41) is 14.0. The second-order valence-corrected chi connectivity index (χ2v) is 4.40. The van der Waals surface area contributed by atoms with Crippen LogP contribution in [0.4, 0.5) is 11.5 Å². The van der Waals surface area contributed by atoms with Crippen LogP contribution in [0.25, 0.3) is 11.0 Å². The van der Waals surface area contributed by atoms with E-state index >= 15 is 0 Å². The molecule has 3 rings (SSSR count). The molecule has 1 saturated heterocycles. The molecule has 0 radical (unpaired) electrons. The maximum atomic E-state index is 10.7. The number of piperazine rings is 1. The van der Waals surface area contributed by atoms with Crippen molar-refractivity contribution >= 4 is 34.9 Å². The van der Waals surface area contributed by atoms with Gasteiger partial charge in [0.25, 0.3) is 5.69 Å². The second-order valence-electron chi connectivity index (χ2n) is 4.40. The highest BCUT2D eigenvalue weighted by Gasteiger charge is 2.13. The van der Waals surface area contributed by atoms with Gasteiger partial charge < -0.3 is 10.2 Å². The molecule has 0 spiro atoms. The molecule has 0 bridgehead atoms. The van der Waals surface area contributed by atoms with E-state index in [9.17, 15) is 10.1 Å². The van der Waals surface area contributed by atoms with E-state index in [2.05, 4.69) is 20.2 Å². The summed E-state index contributed by atoms with van der Waals surface area (Å²) in [5.74, 6) is 0.822. The largest absolute Gasteiger partial charge is 0.353 e. The van der Waals surface area contributed by atoms with E-state index in [1.54, 1.807) is 12.3 Å². The van der Waals surface area contributed by atoms with Gasteiger partial charge in [-0.2, -0.15) is 0 Å². The van der Waals surface area contributed by atoms with Gasteiger partial charge in [0.05, 0.1) is 22.2 Å². The quantitative estimate of drug-likeness (QED) is 0.665. The number of halogens is 1. The van der Waals surface area contributed by atoms with Crippen molar-refractivity contribution in [3.05, 3.63) is 34.5 Å². The first kappa shape index (κ1) is 14.4. The van der Waals surface area contributed by atoms with Gasteiger partial charge in [-0.15, -0.1) is 12.4 Å². The number of anilines is 1. The Bertz CT molecular complexity index is 630. The van der Waals surface area contributed by atoms with Crippen molar-refractivity contribution in [3.8, 4) is 0 Å².